The fraction of sp³-hybridized carbons (Fsp3) is 0.500. The monoisotopic (exact) mass is 266 g/mol. The van der Waals surface area contributed by atoms with Crippen LogP contribution in [0.1, 0.15) is 5.56 Å². The first-order chi connectivity index (χ1) is 9.02. The van der Waals surface area contributed by atoms with Gasteiger partial charge in [-0.3, -0.25) is 4.90 Å². The minimum absolute atomic E-state index is 0.190. The van der Waals surface area contributed by atoms with Crippen molar-refractivity contribution in [1.82, 2.24) is 9.88 Å². The molecule has 1 aromatic rings. The SMILES string of the molecule is Cc1cc(N)ncc1N1CCN(C(=O)O)[C@@H](CO)C1. The number of hydrogen-bond acceptors (Lipinski definition) is 5. The molecule has 1 aliphatic heterocycles. The maximum atomic E-state index is 11.0. The van der Waals surface area contributed by atoms with Gasteiger partial charge in [0.2, 0.25) is 0 Å². The number of amides is 1. The van der Waals surface area contributed by atoms with Crippen LogP contribution in [-0.2, 0) is 0 Å². The molecule has 0 saturated carbocycles. The lowest BCUT2D eigenvalue weighted by atomic mass is 10.1. The Morgan fingerprint density at radius 3 is 2.89 bits per heavy atom. The Morgan fingerprint density at radius 1 is 1.58 bits per heavy atom. The van der Waals surface area contributed by atoms with E-state index in [-0.39, 0.29) is 6.61 Å². The summed E-state index contributed by atoms with van der Waals surface area (Å²) in [4.78, 5) is 18.4. The van der Waals surface area contributed by atoms with Gasteiger partial charge in [0, 0.05) is 19.6 Å². The minimum atomic E-state index is -0.995. The summed E-state index contributed by atoms with van der Waals surface area (Å²) >= 11 is 0. The summed E-state index contributed by atoms with van der Waals surface area (Å²) in [6, 6.07) is 1.37. The molecule has 1 atom stereocenters. The molecule has 0 spiro atoms. The molecule has 7 heteroatoms. The van der Waals surface area contributed by atoms with Crippen molar-refractivity contribution in [2.24, 2.45) is 0 Å². The van der Waals surface area contributed by atoms with Gasteiger partial charge >= 0.3 is 6.09 Å². The van der Waals surface area contributed by atoms with Crippen LogP contribution in [0.3, 0.4) is 0 Å². The van der Waals surface area contributed by atoms with Gasteiger partial charge < -0.3 is 20.8 Å². The number of nitrogen functional groups attached to an aromatic ring is 1. The lowest BCUT2D eigenvalue weighted by Gasteiger charge is -2.40. The van der Waals surface area contributed by atoms with Crippen molar-refractivity contribution in [3.63, 3.8) is 0 Å². The number of nitrogens with zero attached hydrogens (tertiary/aromatic N) is 3. The summed E-state index contributed by atoms with van der Waals surface area (Å²) in [6.07, 6.45) is 0.695. The number of carbonyl (C=O) groups is 1. The summed E-state index contributed by atoms with van der Waals surface area (Å²) < 4.78 is 0. The first kappa shape index (κ1) is 13.4. The molecule has 19 heavy (non-hydrogen) atoms. The van der Waals surface area contributed by atoms with E-state index in [0.29, 0.717) is 25.5 Å². The maximum absolute atomic E-state index is 11.0. The Balaban J connectivity index is 2.17. The van der Waals surface area contributed by atoms with Crippen LogP contribution < -0.4 is 10.6 Å². The predicted octanol–water partition coefficient (Wildman–Crippen LogP) is 0.133. The molecule has 1 aromatic heterocycles. The second-order valence-electron chi connectivity index (χ2n) is 4.65. The van der Waals surface area contributed by atoms with Gasteiger partial charge in [-0.25, -0.2) is 9.78 Å². The van der Waals surface area contributed by atoms with Crippen LogP contribution in [0.2, 0.25) is 0 Å². The number of aryl methyl sites for hydroxylation is 1. The van der Waals surface area contributed by atoms with Crippen LogP contribution in [0.25, 0.3) is 0 Å². The van der Waals surface area contributed by atoms with E-state index in [2.05, 4.69) is 4.98 Å². The molecular weight excluding hydrogens is 248 g/mol. The molecule has 1 aliphatic rings. The molecule has 4 N–H and O–H groups in total. The van der Waals surface area contributed by atoms with Crippen LogP contribution in [0, 0.1) is 6.92 Å². The molecule has 0 aromatic carbocycles. The van der Waals surface area contributed by atoms with Crippen molar-refractivity contribution in [1.29, 1.82) is 0 Å². The molecule has 2 heterocycles. The van der Waals surface area contributed by atoms with Gasteiger partial charge in [-0.1, -0.05) is 0 Å². The van der Waals surface area contributed by atoms with Gasteiger partial charge in [0.15, 0.2) is 0 Å². The highest BCUT2D eigenvalue weighted by Crippen LogP contribution is 2.23. The van der Waals surface area contributed by atoms with Gasteiger partial charge in [0.05, 0.1) is 24.5 Å². The predicted molar refractivity (Wildman–Crippen MR) is 71.2 cm³/mol. The van der Waals surface area contributed by atoms with Crippen molar-refractivity contribution in [2.45, 2.75) is 13.0 Å². The average molecular weight is 266 g/mol. The number of pyridine rings is 1. The smallest absolute Gasteiger partial charge is 0.407 e. The van der Waals surface area contributed by atoms with Crippen LogP contribution in [0.15, 0.2) is 12.3 Å². The summed E-state index contributed by atoms with van der Waals surface area (Å²) in [7, 11) is 0. The number of nitrogens with two attached hydrogens (primary N) is 1. The van der Waals surface area contributed by atoms with Crippen LogP contribution in [0.5, 0.6) is 0 Å². The van der Waals surface area contributed by atoms with Crippen molar-refractivity contribution in [2.75, 3.05) is 36.9 Å². The fourth-order valence-electron chi connectivity index (χ4n) is 2.38. The van der Waals surface area contributed by atoms with E-state index >= 15 is 0 Å². The normalized spacial score (nSPS) is 19.6. The van der Waals surface area contributed by atoms with Gasteiger partial charge in [-0.05, 0) is 18.6 Å². The lowest BCUT2D eigenvalue weighted by Crippen LogP contribution is -2.56. The third kappa shape index (κ3) is 2.70. The zero-order chi connectivity index (χ0) is 14.0. The van der Waals surface area contributed by atoms with E-state index in [0.717, 1.165) is 11.3 Å². The van der Waals surface area contributed by atoms with Gasteiger partial charge in [0.1, 0.15) is 5.82 Å². The third-order valence-corrected chi connectivity index (χ3v) is 3.38. The highest BCUT2D eigenvalue weighted by molar-refractivity contribution is 5.66. The zero-order valence-corrected chi connectivity index (χ0v) is 10.8. The van der Waals surface area contributed by atoms with E-state index < -0.39 is 12.1 Å². The first-order valence-electron chi connectivity index (χ1n) is 6.10. The molecule has 2 rings (SSSR count). The van der Waals surface area contributed by atoms with Crippen molar-refractivity contribution in [3.05, 3.63) is 17.8 Å². The van der Waals surface area contributed by atoms with Crippen LogP contribution in [0.4, 0.5) is 16.3 Å². The number of piperazine rings is 1. The van der Waals surface area contributed by atoms with E-state index in [9.17, 15) is 9.90 Å². The number of anilines is 2. The van der Waals surface area contributed by atoms with Crippen molar-refractivity contribution < 1.29 is 15.0 Å². The number of aliphatic hydroxyl groups excluding tert-OH is 1. The lowest BCUT2D eigenvalue weighted by molar-refractivity contribution is 0.0910. The number of hydrogen-bond donors (Lipinski definition) is 3. The molecule has 7 nitrogen and oxygen atoms in total. The van der Waals surface area contributed by atoms with Gasteiger partial charge in [-0.2, -0.15) is 0 Å². The van der Waals surface area contributed by atoms with Crippen molar-refractivity contribution in [3.8, 4) is 0 Å². The largest absolute Gasteiger partial charge is 0.465 e. The van der Waals surface area contributed by atoms with Crippen LogP contribution >= 0.6 is 0 Å². The summed E-state index contributed by atoms with van der Waals surface area (Å²) in [5, 5.41) is 18.4. The Labute approximate surface area is 111 Å². The van der Waals surface area contributed by atoms with E-state index in [1.54, 1.807) is 12.3 Å². The Morgan fingerprint density at radius 2 is 2.32 bits per heavy atom. The Kier molecular flexibility index (Phi) is 3.75. The van der Waals surface area contributed by atoms with Crippen LogP contribution in [-0.4, -0.2) is 58.5 Å². The number of carboxylic acid groups (broad SMARTS) is 1. The summed E-state index contributed by atoms with van der Waals surface area (Å²) in [6.45, 7) is 3.14. The number of aliphatic hydroxyl groups is 1. The minimum Gasteiger partial charge on any atom is -0.465 e. The van der Waals surface area contributed by atoms with Crippen molar-refractivity contribution >= 4 is 17.6 Å². The summed E-state index contributed by atoms with van der Waals surface area (Å²) in [5.74, 6) is 0.462. The first-order valence-corrected chi connectivity index (χ1v) is 6.10. The third-order valence-electron chi connectivity index (χ3n) is 3.38. The average Bonchev–Trinajstić information content (AvgIpc) is 2.37. The van der Waals surface area contributed by atoms with Gasteiger partial charge in [0.25, 0.3) is 0 Å². The molecular formula is C12H18N4O3. The molecule has 0 unspecified atom stereocenters. The highest BCUT2D eigenvalue weighted by Gasteiger charge is 2.30. The molecule has 1 amide bonds. The van der Waals surface area contributed by atoms with E-state index in [4.69, 9.17) is 10.8 Å². The van der Waals surface area contributed by atoms with E-state index in [1.807, 2.05) is 11.8 Å². The second kappa shape index (κ2) is 5.31. The standard InChI is InChI=1S/C12H18N4O3/c1-8-4-11(13)14-5-10(8)15-2-3-16(12(18)19)9(6-15)7-17/h4-5,9,17H,2-3,6-7H2,1H3,(H2,13,14)(H,18,19)/t9-/m1/s1. The topological polar surface area (TPSA) is 103 Å². The Bertz CT molecular complexity index is 480. The molecule has 0 aliphatic carbocycles. The molecule has 0 bridgehead atoms. The quantitative estimate of drug-likeness (QED) is 0.703. The Hall–Kier alpha value is -2.02. The van der Waals surface area contributed by atoms with E-state index in [1.165, 1.54) is 4.90 Å². The number of rotatable bonds is 2. The molecule has 1 fully saturated rings. The zero-order valence-electron chi connectivity index (χ0n) is 10.8. The highest BCUT2D eigenvalue weighted by atomic mass is 16.4. The number of aromatic nitrogens is 1. The molecule has 104 valence electrons. The summed E-state index contributed by atoms with van der Waals surface area (Å²) in [5.41, 5.74) is 7.54. The maximum Gasteiger partial charge on any atom is 0.407 e. The molecule has 0 radical (unpaired) electrons. The molecule has 1 saturated heterocycles. The van der Waals surface area contributed by atoms with Gasteiger partial charge in [-0.15, -0.1) is 0 Å². The second-order valence-corrected chi connectivity index (χ2v) is 4.65. The fourth-order valence-corrected chi connectivity index (χ4v) is 2.38.